The lowest BCUT2D eigenvalue weighted by Gasteiger charge is -2.15. The average Bonchev–Trinajstić information content (AvgIpc) is 2.16. The fourth-order valence-electron chi connectivity index (χ4n) is 1.33. The van der Waals surface area contributed by atoms with Gasteiger partial charge in [0.05, 0.1) is 11.1 Å². The summed E-state index contributed by atoms with van der Waals surface area (Å²) in [5.41, 5.74) is 16.9. The highest BCUT2D eigenvalue weighted by atomic mass is 79.9. The van der Waals surface area contributed by atoms with Crippen molar-refractivity contribution in [3.63, 3.8) is 0 Å². The highest BCUT2D eigenvalue weighted by Gasteiger charge is 2.24. The lowest BCUT2D eigenvalue weighted by molar-refractivity contribution is 0.0998. The van der Waals surface area contributed by atoms with E-state index in [2.05, 4.69) is 47.8 Å². The molecule has 1 aromatic rings. The first-order valence-corrected chi connectivity index (χ1v) is 6.69. The Morgan fingerprint density at radius 2 is 1.24 bits per heavy atom. The van der Waals surface area contributed by atoms with Crippen LogP contribution in [0.3, 0.4) is 0 Å². The van der Waals surface area contributed by atoms with Crippen LogP contribution in [0.4, 0.5) is 0 Å². The Labute approximate surface area is 122 Å². The van der Waals surface area contributed by atoms with Gasteiger partial charge in [0, 0.05) is 20.0 Å². The van der Waals surface area contributed by atoms with Crippen LogP contribution in [-0.2, 0) is 6.54 Å². The molecule has 8 heteroatoms. The zero-order valence-corrected chi connectivity index (χ0v) is 13.1. The van der Waals surface area contributed by atoms with Gasteiger partial charge >= 0.3 is 0 Å². The molecule has 0 radical (unpaired) electrons. The molecular formula is C9H8Br3N3O2. The summed E-state index contributed by atoms with van der Waals surface area (Å²) in [5, 5.41) is 0. The van der Waals surface area contributed by atoms with Gasteiger partial charge in [-0.05, 0) is 53.4 Å². The lowest BCUT2D eigenvalue weighted by Crippen LogP contribution is -2.20. The van der Waals surface area contributed by atoms with E-state index in [0.29, 0.717) is 14.5 Å². The summed E-state index contributed by atoms with van der Waals surface area (Å²) < 4.78 is 1.13. The Bertz CT molecular complexity index is 476. The number of hydrogen-bond donors (Lipinski definition) is 3. The fraction of sp³-hybridized carbons (Fsp3) is 0.111. The minimum atomic E-state index is -0.687. The molecule has 0 aliphatic heterocycles. The summed E-state index contributed by atoms with van der Waals surface area (Å²) in [6, 6.07) is 0. The molecule has 0 aliphatic rings. The molecule has 0 spiro atoms. The summed E-state index contributed by atoms with van der Waals surface area (Å²) in [4.78, 5) is 22.7. The zero-order valence-electron chi connectivity index (χ0n) is 8.39. The Kier molecular flexibility index (Phi) is 4.70. The Morgan fingerprint density at radius 1 is 0.882 bits per heavy atom. The van der Waals surface area contributed by atoms with Gasteiger partial charge < -0.3 is 17.2 Å². The molecule has 5 nitrogen and oxygen atoms in total. The van der Waals surface area contributed by atoms with Gasteiger partial charge in [0.1, 0.15) is 0 Å². The molecule has 0 fully saturated rings. The number of halogens is 3. The van der Waals surface area contributed by atoms with E-state index in [0.717, 1.165) is 0 Å². The molecule has 2 amide bonds. The summed E-state index contributed by atoms with van der Waals surface area (Å²) in [6.45, 7) is 0.120. The molecule has 1 aromatic carbocycles. The van der Waals surface area contributed by atoms with E-state index in [1.807, 2.05) is 0 Å². The summed E-state index contributed by atoms with van der Waals surface area (Å²) in [5.74, 6) is -1.37. The Morgan fingerprint density at radius 3 is 1.47 bits per heavy atom. The van der Waals surface area contributed by atoms with Gasteiger partial charge in [-0.25, -0.2) is 0 Å². The second-order valence-corrected chi connectivity index (χ2v) is 5.48. The van der Waals surface area contributed by atoms with Crippen LogP contribution in [0.5, 0.6) is 0 Å². The third-order valence-electron chi connectivity index (χ3n) is 2.10. The zero-order chi connectivity index (χ0) is 13.3. The molecule has 0 saturated carbocycles. The lowest BCUT2D eigenvalue weighted by atomic mass is 10.0. The Hall–Kier alpha value is -0.440. The number of amides is 2. The molecular weight excluding hydrogens is 422 g/mol. The quantitative estimate of drug-likeness (QED) is 0.678. The molecule has 0 bridgehead atoms. The van der Waals surface area contributed by atoms with Gasteiger partial charge in [0.15, 0.2) is 0 Å². The number of nitrogens with two attached hydrogens (primary N) is 3. The summed E-state index contributed by atoms with van der Waals surface area (Å²) >= 11 is 9.61. The van der Waals surface area contributed by atoms with Crippen molar-refractivity contribution in [1.82, 2.24) is 0 Å². The third-order valence-corrected chi connectivity index (χ3v) is 4.65. The monoisotopic (exact) mass is 427 g/mol. The van der Waals surface area contributed by atoms with Crippen molar-refractivity contribution in [2.75, 3.05) is 0 Å². The van der Waals surface area contributed by atoms with Crippen LogP contribution < -0.4 is 17.2 Å². The van der Waals surface area contributed by atoms with Gasteiger partial charge in [-0.3, -0.25) is 9.59 Å². The van der Waals surface area contributed by atoms with E-state index in [4.69, 9.17) is 17.2 Å². The molecule has 0 aliphatic carbocycles. The second kappa shape index (κ2) is 5.47. The smallest absolute Gasteiger partial charge is 0.251 e. The second-order valence-electron chi connectivity index (χ2n) is 3.10. The summed E-state index contributed by atoms with van der Waals surface area (Å²) in [7, 11) is 0. The molecule has 0 saturated heterocycles. The van der Waals surface area contributed by atoms with E-state index in [-0.39, 0.29) is 22.1 Å². The van der Waals surface area contributed by atoms with E-state index >= 15 is 0 Å². The maximum absolute atomic E-state index is 11.4. The van der Waals surface area contributed by atoms with Gasteiger partial charge in [-0.15, -0.1) is 0 Å². The molecule has 0 heterocycles. The maximum atomic E-state index is 11.4. The van der Waals surface area contributed by atoms with Crippen molar-refractivity contribution in [3.8, 4) is 0 Å². The number of primary amides is 2. The van der Waals surface area contributed by atoms with Crippen molar-refractivity contribution in [3.05, 3.63) is 30.1 Å². The normalized spacial score (nSPS) is 10.4. The van der Waals surface area contributed by atoms with Gasteiger partial charge in [-0.2, -0.15) is 0 Å². The van der Waals surface area contributed by atoms with Crippen molar-refractivity contribution >= 4 is 59.6 Å². The molecule has 92 valence electrons. The Balaban J connectivity index is 3.82. The maximum Gasteiger partial charge on any atom is 0.251 e. The minimum Gasteiger partial charge on any atom is -0.366 e. The predicted molar refractivity (Wildman–Crippen MR) is 74.5 cm³/mol. The van der Waals surface area contributed by atoms with Crippen LogP contribution in [0.15, 0.2) is 13.4 Å². The van der Waals surface area contributed by atoms with Crippen molar-refractivity contribution in [2.24, 2.45) is 17.2 Å². The number of carbonyl (C=O) groups excluding carboxylic acids is 2. The van der Waals surface area contributed by atoms with Gasteiger partial charge in [-0.1, -0.05) is 0 Å². The minimum absolute atomic E-state index is 0.120. The molecule has 6 N–H and O–H groups in total. The SMILES string of the molecule is NCc1c(Br)c(C(N)=O)c(Br)c(C(N)=O)c1Br. The fourth-order valence-corrected chi connectivity index (χ4v) is 4.42. The van der Waals surface area contributed by atoms with Crippen LogP contribution in [0.25, 0.3) is 0 Å². The van der Waals surface area contributed by atoms with Gasteiger partial charge in [0.25, 0.3) is 11.8 Å². The number of rotatable bonds is 3. The molecule has 1 rings (SSSR count). The van der Waals surface area contributed by atoms with Crippen LogP contribution >= 0.6 is 47.8 Å². The standard InChI is InChI=1S/C9H8Br3N3O2/c10-5-2(1-13)6(11)4(9(15)17)7(12)3(5)8(14)16/h1,13H2,(H2,14,16)(H2,15,17). The highest BCUT2D eigenvalue weighted by Crippen LogP contribution is 2.38. The molecule has 0 aromatic heterocycles. The molecule has 0 atom stereocenters. The van der Waals surface area contributed by atoms with Crippen LogP contribution in [0, 0.1) is 0 Å². The number of benzene rings is 1. The van der Waals surface area contributed by atoms with E-state index < -0.39 is 11.8 Å². The van der Waals surface area contributed by atoms with Crippen molar-refractivity contribution in [2.45, 2.75) is 6.54 Å². The highest BCUT2D eigenvalue weighted by molar-refractivity contribution is 9.11. The predicted octanol–water partition coefficient (Wildman–Crippen LogP) is 1.63. The van der Waals surface area contributed by atoms with E-state index in [1.54, 1.807) is 0 Å². The third kappa shape index (κ3) is 2.54. The van der Waals surface area contributed by atoms with Crippen LogP contribution in [0.2, 0.25) is 0 Å². The number of carbonyl (C=O) groups is 2. The van der Waals surface area contributed by atoms with E-state index in [1.165, 1.54) is 0 Å². The molecule has 17 heavy (non-hydrogen) atoms. The summed E-state index contributed by atoms with van der Waals surface area (Å²) in [6.07, 6.45) is 0. The first-order chi connectivity index (χ1) is 7.82. The first kappa shape index (κ1) is 14.6. The topological polar surface area (TPSA) is 112 Å². The van der Waals surface area contributed by atoms with Crippen molar-refractivity contribution in [1.29, 1.82) is 0 Å². The van der Waals surface area contributed by atoms with Gasteiger partial charge in [0.2, 0.25) is 0 Å². The first-order valence-electron chi connectivity index (χ1n) is 4.31. The number of hydrogen-bond acceptors (Lipinski definition) is 3. The average molecular weight is 430 g/mol. The van der Waals surface area contributed by atoms with Crippen LogP contribution in [0.1, 0.15) is 26.3 Å². The largest absolute Gasteiger partial charge is 0.366 e. The van der Waals surface area contributed by atoms with Crippen molar-refractivity contribution < 1.29 is 9.59 Å². The van der Waals surface area contributed by atoms with E-state index in [9.17, 15) is 9.59 Å². The molecule has 0 unspecified atom stereocenters. The van der Waals surface area contributed by atoms with Crippen LogP contribution in [-0.4, -0.2) is 11.8 Å².